The maximum Gasteiger partial charge on any atom is 0.269 e. The smallest absolute Gasteiger partial charge is 0.269 e. The highest BCUT2D eigenvalue weighted by molar-refractivity contribution is 6.00. The third-order valence-corrected chi connectivity index (χ3v) is 3.91. The number of carbonyl (C=O) groups excluding carboxylic acids is 1. The van der Waals surface area contributed by atoms with Gasteiger partial charge in [0.1, 0.15) is 0 Å². The molecule has 1 saturated heterocycles. The fraction of sp³-hybridized carbons (Fsp3) is 0.167. The van der Waals surface area contributed by atoms with Gasteiger partial charge >= 0.3 is 0 Å². The van der Waals surface area contributed by atoms with E-state index in [1.54, 1.807) is 18.3 Å². The Kier molecular flexibility index (Phi) is 5.02. The van der Waals surface area contributed by atoms with Crippen molar-refractivity contribution in [2.24, 2.45) is 10.2 Å². The van der Waals surface area contributed by atoms with Crippen molar-refractivity contribution in [1.29, 1.82) is 0 Å². The predicted octanol–water partition coefficient (Wildman–Crippen LogP) is 2.44. The van der Waals surface area contributed by atoms with Gasteiger partial charge in [0.05, 0.1) is 23.6 Å². The predicted molar refractivity (Wildman–Crippen MR) is 97.9 cm³/mol. The molecule has 0 spiro atoms. The lowest BCUT2D eigenvalue weighted by atomic mass is 10.0. The Bertz CT molecular complexity index is 873. The van der Waals surface area contributed by atoms with Gasteiger partial charge in [-0.1, -0.05) is 42.0 Å². The minimum Gasteiger partial charge on any atom is -0.347 e. The zero-order valence-corrected chi connectivity index (χ0v) is 14.0. The summed E-state index contributed by atoms with van der Waals surface area (Å²) in [6.45, 7) is 2.00. The standard InChI is InChI=1S/C18H17N5O3/c1-12-2-4-13(5-3-12)11-19-22-18-20-16(10-17(24)21-18)14-6-8-15(9-7-14)23(25)26/h2-9,11,16H,10H2,1H3,(H2,20,21,22,24). The molecule has 0 aliphatic carbocycles. The van der Waals surface area contributed by atoms with E-state index in [0.29, 0.717) is 0 Å². The monoisotopic (exact) mass is 351 g/mol. The maximum absolute atomic E-state index is 11.9. The van der Waals surface area contributed by atoms with E-state index in [1.807, 2.05) is 31.2 Å². The van der Waals surface area contributed by atoms with Crippen LogP contribution in [0.5, 0.6) is 0 Å². The second-order valence-electron chi connectivity index (χ2n) is 5.90. The molecule has 1 heterocycles. The molecule has 1 atom stereocenters. The van der Waals surface area contributed by atoms with Gasteiger partial charge in [-0.05, 0) is 18.1 Å². The Balaban J connectivity index is 1.72. The Hall–Kier alpha value is -3.55. The number of hydrogen-bond acceptors (Lipinski definition) is 5. The van der Waals surface area contributed by atoms with Crippen LogP contribution in [-0.4, -0.2) is 23.0 Å². The van der Waals surface area contributed by atoms with Gasteiger partial charge in [-0.25, -0.2) is 0 Å². The fourth-order valence-corrected chi connectivity index (χ4v) is 2.51. The fourth-order valence-electron chi connectivity index (χ4n) is 2.51. The number of nitro benzene ring substituents is 1. The van der Waals surface area contributed by atoms with E-state index in [9.17, 15) is 14.9 Å². The minimum atomic E-state index is -0.461. The number of guanidine groups is 1. The summed E-state index contributed by atoms with van der Waals surface area (Å²) in [7, 11) is 0. The molecule has 132 valence electrons. The van der Waals surface area contributed by atoms with Crippen LogP contribution in [0.1, 0.15) is 29.2 Å². The SMILES string of the molecule is Cc1ccc(C=NN=C2NC(=O)CC(c3ccc([N+](=O)[O-])cc3)N2)cc1. The molecule has 1 aliphatic heterocycles. The summed E-state index contributed by atoms with van der Waals surface area (Å²) in [6, 6.07) is 13.5. The van der Waals surface area contributed by atoms with Crippen LogP contribution >= 0.6 is 0 Å². The maximum atomic E-state index is 11.9. The molecule has 0 saturated carbocycles. The van der Waals surface area contributed by atoms with Gasteiger partial charge in [-0.3, -0.25) is 20.2 Å². The Morgan fingerprint density at radius 3 is 2.50 bits per heavy atom. The second kappa shape index (κ2) is 7.56. The lowest BCUT2D eigenvalue weighted by molar-refractivity contribution is -0.384. The third-order valence-electron chi connectivity index (χ3n) is 3.91. The molecule has 1 fully saturated rings. The van der Waals surface area contributed by atoms with Crippen molar-refractivity contribution in [3.8, 4) is 0 Å². The Labute approximate surface area is 149 Å². The van der Waals surface area contributed by atoms with E-state index in [-0.39, 0.29) is 30.0 Å². The number of nitrogens with one attached hydrogen (secondary N) is 2. The molecular weight excluding hydrogens is 334 g/mol. The number of amides is 1. The van der Waals surface area contributed by atoms with Crippen molar-refractivity contribution < 1.29 is 9.72 Å². The molecule has 2 aromatic rings. The van der Waals surface area contributed by atoms with Crippen molar-refractivity contribution in [3.05, 3.63) is 75.3 Å². The number of nitro groups is 1. The lowest BCUT2D eigenvalue weighted by Gasteiger charge is -2.25. The number of aryl methyl sites for hydroxylation is 1. The first-order valence-electron chi connectivity index (χ1n) is 8.00. The van der Waals surface area contributed by atoms with Crippen LogP contribution in [-0.2, 0) is 4.79 Å². The quantitative estimate of drug-likeness (QED) is 0.501. The topological polar surface area (TPSA) is 109 Å². The van der Waals surface area contributed by atoms with Gasteiger partial charge in [0, 0.05) is 12.1 Å². The van der Waals surface area contributed by atoms with Gasteiger partial charge in [-0.2, -0.15) is 5.10 Å². The number of rotatable bonds is 4. The highest BCUT2D eigenvalue weighted by Gasteiger charge is 2.24. The molecule has 8 nitrogen and oxygen atoms in total. The summed E-state index contributed by atoms with van der Waals surface area (Å²) in [4.78, 5) is 22.2. The number of carbonyl (C=O) groups is 1. The first-order valence-corrected chi connectivity index (χ1v) is 8.00. The lowest BCUT2D eigenvalue weighted by Crippen LogP contribution is -2.49. The molecule has 1 unspecified atom stereocenters. The van der Waals surface area contributed by atoms with E-state index >= 15 is 0 Å². The molecule has 1 amide bonds. The number of nitrogens with zero attached hydrogens (tertiary/aromatic N) is 3. The van der Waals surface area contributed by atoms with Gasteiger partial charge in [0.15, 0.2) is 0 Å². The third kappa shape index (κ3) is 4.29. The van der Waals surface area contributed by atoms with Gasteiger partial charge in [-0.15, -0.1) is 5.10 Å². The molecule has 8 heteroatoms. The van der Waals surface area contributed by atoms with E-state index in [2.05, 4.69) is 20.8 Å². The van der Waals surface area contributed by atoms with Crippen LogP contribution in [0.2, 0.25) is 0 Å². The molecule has 0 radical (unpaired) electrons. The van der Waals surface area contributed by atoms with Gasteiger partial charge in [0.2, 0.25) is 11.9 Å². The molecule has 2 N–H and O–H groups in total. The van der Waals surface area contributed by atoms with E-state index in [0.717, 1.165) is 16.7 Å². The average molecular weight is 351 g/mol. The van der Waals surface area contributed by atoms with Crippen molar-refractivity contribution in [2.75, 3.05) is 0 Å². The summed E-state index contributed by atoms with van der Waals surface area (Å²) >= 11 is 0. The van der Waals surface area contributed by atoms with Crippen LogP contribution in [0, 0.1) is 17.0 Å². The van der Waals surface area contributed by atoms with E-state index < -0.39 is 4.92 Å². The van der Waals surface area contributed by atoms with Crippen molar-refractivity contribution in [1.82, 2.24) is 10.6 Å². The zero-order chi connectivity index (χ0) is 18.5. The second-order valence-corrected chi connectivity index (χ2v) is 5.90. The first-order chi connectivity index (χ1) is 12.5. The molecule has 26 heavy (non-hydrogen) atoms. The van der Waals surface area contributed by atoms with Crippen LogP contribution in [0.15, 0.2) is 58.7 Å². The van der Waals surface area contributed by atoms with Crippen molar-refractivity contribution in [2.45, 2.75) is 19.4 Å². The number of non-ortho nitro benzene ring substituents is 1. The van der Waals surface area contributed by atoms with Crippen LogP contribution in [0.3, 0.4) is 0 Å². The van der Waals surface area contributed by atoms with E-state index in [4.69, 9.17) is 0 Å². The van der Waals surface area contributed by atoms with E-state index in [1.165, 1.54) is 12.1 Å². The highest BCUT2D eigenvalue weighted by Crippen LogP contribution is 2.21. The van der Waals surface area contributed by atoms with Gasteiger partial charge in [0.25, 0.3) is 5.69 Å². The van der Waals surface area contributed by atoms with Gasteiger partial charge < -0.3 is 5.32 Å². The average Bonchev–Trinajstić information content (AvgIpc) is 2.63. The van der Waals surface area contributed by atoms with Crippen molar-refractivity contribution >= 4 is 23.8 Å². The summed E-state index contributed by atoms with van der Waals surface area (Å²) in [5.74, 6) is 0.0457. The van der Waals surface area contributed by atoms with Crippen LogP contribution < -0.4 is 10.6 Å². The molecule has 3 rings (SSSR count). The molecule has 1 aliphatic rings. The minimum absolute atomic E-state index is 0.00518. The number of hydrogen-bond donors (Lipinski definition) is 2. The summed E-state index contributed by atoms with van der Waals surface area (Å²) < 4.78 is 0. The Morgan fingerprint density at radius 2 is 1.85 bits per heavy atom. The number of benzene rings is 2. The largest absolute Gasteiger partial charge is 0.347 e. The molecule has 0 bridgehead atoms. The van der Waals surface area contributed by atoms with Crippen molar-refractivity contribution in [3.63, 3.8) is 0 Å². The summed E-state index contributed by atoms with van der Waals surface area (Å²) in [5, 5.41) is 24.4. The summed E-state index contributed by atoms with van der Waals surface area (Å²) in [5.41, 5.74) is 2.82. The summed E-state index contributed by atoms with van der Waals surface area (Å²) in [6.07, 6.45) is 1.80. The normalized spacial score (nSPS) is 18.6. The highest BCUT2D eigenvalue weighted by atomic mass is 16.6. The molecular formula is C18H17N5O3. The Morgan fingerprint density at radius 1 is 1.15 bits per heavy atom. The molecule has 2 aromatic carbocycles. The van der Waals surface area contributed by atoms with Crippen LogP contribution in [0.4, 0.5) is 5.69 Å². The first kappa shape index (κ1) is 17.3. The zero-order valence-electron chi connectivity index (χ0n) is 14.0. The molecule has 0 aromatic heterocycles. The van der Waals surface area contributed by atoms with Crippen LogP contribution in [0.25, 0.3) is 0 Å².